The number of pyridine rings is 1. The first-order valence-electron chi connectivity index (χ1n) is 3.78. The summed E-state index contributed by atoms with van der Waals surface area (Å²) in [7, 11) is 0. The number of nitrogens with zero attached hydrogens (tertiary/aromatic N) is 1. The summed E-state index contributed by atoms with van der Waals surface area (Å²) in [6, 6.07) is 3.74. The zero-order valence-electron chi connectivity index (χ0n) is 6.74. The number of aromatic nitrogens is 2. The first-order chi connectivity index (χ1) is 6.40. The van der Waals surface area contributed by atoms with E-state index in [0.717, 1.165) is 16.6 Å². The van der Waals surface area contributed by atoms with Crippen LogP contribution in [0.3, 0.4) is 0 Å². The van der Waals surface area contributed by atoms with Crippen LogP contribution in [0.4, 0.5) is 0 Å². The molecule has 0 spiro atoms. The van der Waals surface area contributed by atoms with E-state index in [9.17, 15) is 4.79 Å². The molecule has 2 aromatic heterocycles. The zero-order valence-corrected chi connectivity index (χ0v) is 6.74. The third-order valence-corrected chi connectivity index (χ3v) is 1.67. The standard InChI is InChI=1S/C10H6N2O/c13-5-1-2-8-6-10-9(12-7-8)3-4-11-10/h3-7,11H. The van der Waals surface area contributed by atoms with Crippen molar-refractivity contribution in [2.45, 2.75) is 0 Å². The van der Waals surface area contributed by atoms with Gasteiger partial charge in [0.2, 0.25) is 0 Å². The maximum atomic E-state index is 9.99. The molecule has 0 aliphatic carbocycles. The lowest BCUT2D eigenvalue weighted by Crippen LogP contribution is -1.79. The van der Waals surface area contributed by atoms with Gasteiger partial charge in [-0.2, -0.15) is 0 Å². The van der Waals surface area contributed by atoms with E-state index >= 15 is 0 Å². The van der Waals surface area contributed by atoms with E-state index in [2.05, 4.69) is 21.8 Å². The predicted molar refractivity (Wildman–Crippen MR) is 49.0 cm³/mol. The lowest BCUT2D eigenvalue weighted by molar-refractivity contribution is -0.103. The highest BCUT2D eigenvalue weighted by Crippen LogP contribution is 2.09. The summed E-state index contributed by atoms with van der Waals surface area (Å²) >= 11 is 0. The Morgan fingerprint density at radius 3 is 3.31 bits per heavy atom. The van der Waals surface area contributed by atoms with Crippen LogP contribution in [-0.2, 0) is 4.79 Å². The number of hydrogen-bond acceptors (Lipinski definition) is 2. The van der Waals surface area contributed by atoms with Gasteiger partial charge >= 0.3 is 0 Å². The van der Waals surface area contributed by atoms with E-state index in [1.165, 1.54) is 0 Å². The van der Waals surface area contributed by atoms with Crippen molar-refractivity contribution in [3.05, 3.63) is 30.1 Å². The molecule has 2 aromatic rings. The monoisotopic (exact) mass is 170 g/mol. The van der Waals surface area contributed by atoms with Crippen molar-refractivity contribution in [2.24, 2.45) is 0 Å². The number of fused-ring (bicyclic) bond motifs is 1. The van der Waals surface area contributed by atoms with E-state index in [1.54, 1.807) is 6.20 Å². The summed E-state index contributed by atoms with van der Waals surface area (Å²) in [5.74, 6) is 5.01. The first-order valence-corrected chi connectivity index (χ1v) is 3.78. The summed E-state index contributed by atoms with van der Waals surface area (Å²) in [6.45, 7) is 0. The summed E-state index contributed by atoms with van der Waals surface area (Å²) in [4.78, 5) is 17.2. The number of rotatable bonds is 0. The molecule has 0 aliphatic heterocycles. The maximum absolute atomic E-state index is 9.99. The van der Waals surface area contributed by atoms with Crippen LogP contribution in [0.5, 0.6) is 0 Å². The van der Waals surface area contributed by atoms with Gasteiger partial charge in [-0.3, -0.25) is 9.78 Å². The van der Waals surface area contributed by atoms with Gasteiger partial charge in [0, 0.05) is 18.0 Å². The SMILES string of the molecule is O=CC#Cc1cnc2cc[nH]c2c1. The van der Waals surface area contributed by atoms with Gasteiger partial charge in [-0.1, -0.05) is 5.92 Å². The van der Waals surface area contributed by atoms with E-state index in [1.807, 2.05) is 18.3 Å². The van der Waals surface area contributed by atoms with Crippen LogP contribution in [0.2, 0.25) is 0 Å². The maximum Gasteiger partial charge on any atom is 0.193 e. The van der Waals surface area contributed by atoms with Gasteiger partial charge in [0.15, 0.2) is 6.29 Å². The van der Waals surface area contributed by atoms with E-state index in [-0.39, 0.29) is 0 Å². The average Bonchev–Trinajstić information content (AvgIpc) is 2.61. The highest BCUT2D eigenvalue weighted by atomic mass is 16.1. The molecule has 2 rings (SSSR count). The van der Waals surface area contributed by atoms with E-state index in [0.29, 0.717) is 6.29 Å². The van der Waals surface area contributed by atoms with Gasteiger partial charge < -0.3 is 4.98 Å². The number of nitrogens with one attached hydrogen (secondary N) is 1. The van der Waals surface area contributed by atoms with Crippen LogP contribution in [0.25, 0.3) is 11.0 Å². The van der Waals surface area contributed by atoms with Gasteiger partial charge in [0.25, 0.3) is 0 Å². The molecule has 0 fully saturated rings. The van der Waals surface area contributed by atoms with Gasteiger partial charge in [-0.25, -0.2) is 0 Å². The van der Waals surface area contributed by atoms with E-state index in [4.69, 9.17) is 0 Å². The molecule has 0 aliphatic rings. The molecule has 0 atom stereocenters. The van der Waals surface area contributed by atoms with Crippen LogP contribution >= 0.6 is 0 Å². The first kappa shape index (κ1) is 7.56. The lowest BCUT2D eigenvalue weighted by atomic mass is 10.2. The molecule has 3 nitrogen and oxygen atoms in total. The Balaban J connectivity index is 2.54. The van der Waals surface area contributed by atoms with Gasteiger partial charge in [0.1, 0.15) is 0 Å². The number of aldehydes is 1. The summed E-state index contributed by atoms with van der Waals surface area (Å²) < 4.78 is 0. The minimum absolute atomic E-state index is 0.568. The normalized spacial score (nSPS) is 9.23. The Kier molecular flexibility index (Phi) is 1.81. The Hall–Kier alpha value is -2.08. The van der Waals surface area contributed by atoms with Crippen molar-refractivity contribution in [1.29, 1.82) is 0 Å². The lowest BCUT2D eigenvalue weighted by Gasteiger charge is -1.89. The van der Waals surface area contributed by atoms with Crippen molar-refractivity contribution in [3.63, 3.8) is 0 Å². The fraction of sp³-hybridized carbons (Fsp3) is 0. The molecule has 2 heterocycles. The minimum Gasteiger partial charge on any atom is -0.360 e. The van der Waals surface area contributed by atoms with Crippen LogP contribution in [0.1, 0.15) is 5.56 Å². The Morgan fingerprint density at radius 2 is 2.46 bits per heavy atom. The molecule has 0 bridgehead atoms. The summed E-state index contributed by atoms with van der Waals surface area (Å²) in [6.07, 6.45) is 4.03. The molecular weight excluding hydrogens is 164 g/mol. The third kappa shape index (κ3) is 1.42. The van der Waals surface area contributed by atoms with Crippen molar-refractivity contribution in [3.8, 4) is 11.8 Å². The molecule has 62 valence electrons. The molecule has 1 N–H and O–H groups in total. The highest BCUT2D eigenvalue weighted by molar-refractivity contribution is 5.78. The van der Waals surface area contributed by atoms with Gasteiger partial charge in [0.05, 0.1) is 11.0 Å². The van der Waals surface area contributed by atoms with Crippen molar-refractivity contribution in [1.82, 2.24) is 9.97 Å². The molecule has 0 saturated carbocycles. The molecule has 13 heavy (non-hydrogen) atoms. The van der Waals surface area contributed by atoms with Crippen molar-refractivity contribution in [2.75, 3.05) is 0 Å². The molecule has 0 aromatic carbocycles. The Bertz CT molecular complexity index is 502. The molecule has 0 amide bonds. The van der Waals surface area contributed by atoms with Gasteiger partial charge in [-0.15, -0.1) is 0 Å². The predicted octanol–water partition coefficient (Wildman–Crippen LogP) is 1.11. The smallest absolute Gasteiger partial charge is 0.193 e. The number of carbonyl (C=O) groups is 1. The van der Waals surface area contributed by atoms with Crippen molar-refractivity contribution < 1.29 is 4.79 Å². The summed E-state index contributed by atoms with van der Waals surface area (Å²) in [5.41, 5.74) is 2.57. The van der Waals surface area contributed by atoms with Crippen LogP contribution in [0.15, 0.2) is 24.5 Å². The minimum atomic E-state index is 0.568. The molecule has 0 unspecified atom stereocenters. The number of aromatic amines is 1. The molecule has 0 saturated heterocycles. The second kappa shape index (κ2) is 3.11. The number of H-pyrrole nitrogens is 1. The fourth-order valence-electron chi connectivity index (χ4n) is 1.12. The van der Waals surface area contributed by atoms with Gasteiger partial charge in [-0.05, 0) is 18.1 Å². The second-order valence-corrected chi connectivity index (χ2v) is 2.52. The molecule has 0 radical (unpaired) electrons. The highest BCUT2D eigenvalue weighted by Gasteiger charge is 1.94. The average molecular weight is 170 g/mol. The topological polar surface area (TPSA) is 45.8 Å². The number of hydrogen-bond donors (Lipinski definition) is 1. The van der Waals surface area contributed by atoms with Crippen molar-refractivity contribution >= 4 is 17.3 Å². The quantitative estimate of drug-likeness (QED) is 0.475. The van der Waals surface area contributed by atoms with Crippen LogP contribution in [-0.4, -0.2) is 16.3 Å². The fourth-order valence-corrected chi connectivity index (χ4v) is 1.12. The largest absolute Gasteiger partial charge is 0.360 e. The molecule has 3 heteroatoms. The van der Waals surface area contributed by atoms with Crippen LogP contribution in [0, 0.1) is 11.8 Å². The molecular formula is C10H6N2O. The zero-order chi connectivity index (χ0) is 9.10. The number of carbonyl (C=O) groups excluding carboxylic acids is 1. The Labute approximate surface area is 74.8 Å². The van der Waals surface area contributed by atoms with Crippen LogP contribution < -0.4 is 0 Å². The second-order valence-electron chi connectivity index (χ2n) is 2.52. The Morgan fingerprint density at radius 1 is 1.54 bits per heavy atom. The van der Waals surface area contributed by atoms with E-state index < -0.39 is 0 Å². The third-order valence-electron chi connectivity index (χ3n) is 1.67. The summed E-state index contributed by atoms with van der Waals surface area (Å²) in [5, 5.41) is 0.